The number of carbonyl (C=O) groups excluding carboxylic acids is 3. The highest BCUT2D eigenvalue weighted by molar-refractivity contribution is 8.00. The van der Waals surface area contributed by atoms with Crippen LogP contribution in [0.2, 0.25) is 0 Å². The Kier molecular flexibility index (Phi) is 6.48. The second kappa shape index (κ2) is 9.26. The van der Waals surface area contributed by atoms with Crippen LogP contribution in [0.4, 0.5) is 0 Å². The van der Waals surface area contributed by atoms with Crippen LogP contribution in [0, 0.1) is 0 Å². The highest BCUT2D eigenvalue weighted by atomic mass is 32.2. The van der Waals surface area contributed by atoms with Gasteiger partial charge in [0.1, 0.15) is 12.7 Å². The molecule has 30 heavy (non-hydrogen) atoms. The van der Waals surface area contributed by atoms with Crippen LogP contribution in [-0.2, 0) is 19.1 Å². The molecule has 0 bridgehead atoms. The summed E-state index contributed by atoms with van der Waals surface area (Å²) in [6, 6.07) is 4.82. The summed E-state index contributed by atoms with van der Waals surface area (Å²) in [7, 11) is 0. The van der Waals surface area contributed by atoms with E-state index in [4.69, 9.17) is 18.9 Å². The van der Waals surface area contributed by atoms with Crippen molar-refractivity contribution in [3.05, 3.63) is 23.8 Å². The number of ketones is 1. The van der Waals surface area contributed by atoms with Gasteiger partial charge in [0.05, 0.1) is 0 Å². The van der Waals surface area contributed by atoms with E-state index in [1.807, 2.05) is 0 Å². The quantitative estimate of drug-likeness (QED) is 0.680. The minimum Gasteiger partial charge on any atom is -0.463 e. The lowest BCUT2D eigenvalue weighted by molar-refractivity contribution is -0.156. The van der Waals surface area contributed by atoms with Crippen LogP contribution in [0.5, 0.6) is 11.5 Å². The molecule has 0 spiro atoms. The number of thioether (sulfide) groups is 1. The van der Waals surface area contributed by atoms with E-state index < -0.39 is 24.2 Å². The minimum absolute atomic E-state index is 0.0589. The van der Waals surface area contributed by atoms with Crippen LogP contribution >= 0.6 is 11.8 Å². The predicted octanol–water partition coefficient (Wildman–Crippen LogP) is 2.44. The highest BCUT2D eigenvalue weighted by Gasteiger charge is 2.40. The zero-order chi connectivity index (χ0) is 21.1. The van der Waals surface area contributed by atoms with E-state index in [1.54, 1.807) is 30.0 Å². The predicted molar refractivity (Wildman–Crippen MR) is 109 cm³/mol. The van der Waals surface area contributed by atoms with E-state index >= 15 is 0 Å². The Labute approximate surface area is 178 Å². The van der Waals surface area contributed by atoms with Gasteiger partial charge >= 0.3 is 5.97 Å². The number of ether oxygens (including phenoxy) is 4. The third kappa shape index (κ3) is 4.89. The molecule has 8 nitrogen and oxygen atoms in total. The number of carbonyl (C=O) groups is 3. The van der Waals surface area contributed by atoms with Gasteiger partial charge < -0.3 is 24.3 Å². The first-order chi connectivity index (χ1) is 14.5. The largest absolute Gasteiger partial charge is 0.463 e. The van der Waals surface area contributed by atoms with Crippen LogP contribution in [-0.4, -0.2) is 53.9 Å². The molecule has 4 rings (SSSR count). The molecule has 1 aromatic rings. The lowest BCUT2D eigenvalue weighted by Gasteiger charge is -2.36. The number of amides is 1. The van der Waals surface area contributed by atoms with Crippen LogP contribution in [0.25, 0.3) is 0 Å². The summed E-state index contributed by atoms with van der Waals surface area (Å²) < 4.78 is 21.6. The number of hydrogen-bond donors (Lipinski definition) is 1. The van der Waals surface area contributed by atoms with Crippen molar-refractivity contribution >= 4 is 29.4 Å². The van der Waals surface area contributed by atoms with Crippen LogP contribution < -0.4 is 14.8 Å². The van der Waals surface area contributed by atoms with Gasteiger partial charge in [0, 0.05) is 29.4 Å². The summed E-state index contributed by atoms with van der Waals surface area (Å²) in [6.45, 7) is 1.51. The first-order valence-electron chi connectivity index (χ1n) is 10.2. The molecule has 1 aliphatic carbocycles. The summed E-state index contributed by atoms with van der Waals surface area (Å²) >= 11 is 1.74. The van der Waals surface area contributed by atoms with Gasteiger partial charge in [-0.3, -0.25) is 14.4 Å². The summed E-state index contributed by atoms with van der Waals surface area (Å²) in [5, 5.41) is 3.04. The van der Waals surface area contributed by atoms with E-state index in [1.165, 1.54) is 19.8 Å². The van der Waals surface area contributed by atoms with Crippen molar-refractivity contribution < 1.29 is 33.3 Å². The molecule has 3 atom stereocenters. The second-order valence-electron chi connectivity index (χ2n) is 7.65. The van der Waals surface area contributed by atoms with Gasteiger partial charge in [-0.2, -0.15) is 11.8 Å². The van der Waals surface area contributed by atoms with Crippen molar-refractivity contribution in [2.75, 3.05) is 13.4 Å². The third-order valence-electron chi connectivity index (χ3n) is 5.44. The van der Waals surface area contributed by atoms with Crippen LogP contribution in [0.1, 0.15) is 49.4 Å². The Bertz CT molecular complexity index is 824. The molecule has 0 aromatic heterocycles. The van der Waals surface area contributed by atoms with Gasteiger partial charge in [-0.25, -0.2) is 0 Å². The molecule has 2 heterocycles. The Balaban J connectivity index is 1.42. The zero-order valence-corrected chi connectivity index (χ0v) is 17.6. The fraction of sp³-hybridized carbons (Fsp3) is 0.571. The van der Waals surface area contributed by atoms with Crippen molar-refractivity contribution in [3.8, 4) is 11.5 Å². The molecule has 1 unspecified atom stereocenters. The van der Waals surface area contributed by atoms with Gasteiger partial charge in [0.2, 0.25) is 6.79 Å². The van der Waals surface area contributed by atoms with Gasteiger partial charge in [-0.1, -0.05) is 12.8 Å². The minimum atomic E-state index is -1.08. The Morgan fingerprint density at radius 2 is 1.97 bits per heavy atom. The fourth-order valence-electron chi connectivity index (χ4n) is 3.88. The maximum Gasteiger partial charge on any atom is 0.302 e. The lowest BCUT2D eigenvalue weighted by atomic mass is 10.1. The fourth-order valence-corrected chi connectivity index (χ4v) is 5.56. The first-order valence-corrected chi connectivity index (χ1v) is 11.1. The van der Waals surface area contributed by atoms with Gasteiger partial charge in [-0.15, -0.1) is 0 Å². The molecular weight excluding hydrogens is 410 g/mol. The number of esters is 1. The zero-order valence-electron chi connectivity index (χ0n) is 16.8. The third-order valence-corrected chi connectivity index (χ3v) is 7.11. The van der Waals surface area contributed by atoms with Gasteiger partial charge in [-0.05, 0) is 31.0 Å². The molecule has 1 saturated carbocycles. The van der Waals surface area contributed by atoms with Crippen molar-refractivity contribution in [3.63, 3.8) is 0 Å². The van der Waals surface area contributed by atoms with E-state index in [9.17, 15) is 14.4 Å². The number of nitrogens with one attached hydrogen (secondary N) is 1. The summed E-state index contributed by atoms with van der Waals surface area (Å²) in [4.78, 5) is 36.7. The molecule has 162 valence electrons. The average molecular weight is 435 g/mol. The molecule has 9 heteroatoms. The normalized spacial score (nSPS) is 25.9. The smallest absolute Gasteiger partial charge is 0.302 e. The number of Topliss-reactive ketones (excluding diaryl/α,β-unsaturated/α-hetero) is 1. The van der Waals surface area contributed by atoms with Crippen molar-refractivity contribution in [2.45, 2.75) is 61.9 Å². The second-order valence-corrected chi connectivity index (χ2v) is 9.19. The van der Waals surface area contributed by atoms with E-state index in [2.05, 4.69) is 5.32 Å². The van der Waals surface area contributed by atoms with Crippen LogP contribution in [0.3, 0.4) is 0 Å². The van der Waals surface area contributed by atoms with Crippen molar-refractivity contribution in [2.24, 2.45) is 0 Å². The summed E-state index contributed by atoms with van der Waals surface area (Å²) in [5.41, 5.74) is 0.342. The first kappa shape index (κ1) is 21.0. The highest BCUT2D eigenvalue weighted by Crippen LogP contribution is 2.37. The Morgan fingerprint density at radius 1 is 1.20 bits per heavy atom. The molecule has 2 aliphatic heterocycles. The van der Waals surface area contributed by atoms with Crippen molar-refractivity contribution in [1.82, 2.24) is 5.32 Å². The van der Waals surface area contributed by atoms with Gasteiger partial charge in [0.25, 0.3) is 5.91 Å². The molecule has 3 aliphatic rings. The van der Waals surface area contributed by atoms with E-state index in [-0.39, 0.29) is 30.9 Å². The SMILES string of the molecule is CC(=O)OC[C@H]1O[C@@H](NC(=O)c2ccc3c(c2)OCO3)C(=O)CC1SC1CCCC1. The maximum atomic E-state index is 12.7. The number of hydrogen-bond acceptors (Lipinski definition) is 8. The Morgan fingerprint density at radius 3 is 2.73 bits per heavy atom. The number of benzene rings is 1. The molecule has 1 N–H and O–H groups in total. The molecular formula is C21H25NO7S. The number of rotatable bonds is 6. The topological polar surface area (TPSA) is 100 Å². The lowest BCUT2D eigenvalue weighted by Crippen LogP contribution is -2.53. The number of fused-ring (bicyclic) bond motifs is 1. The summed E-state index contributed by atoms with van der Waals surface area (Å²) in [6.07, 6.45) is 3.37. The summed E-state index contributed by atoms with van der Waals surface area (Å²) in [5.74, 6) is 0.0311. The van der Waals surface area contributed by atoms with E-state index in [0.717, 1.165) is 12.8 Å². The van der Waals surface area contributed by atoms with E-state index in [0.29, 0.717) is 22.3 Å². The molecule has 1 amide bonds. The maximum absolute atomic E-state index is 12.7. The van der Waals surface area contributed by atoms with Crippen molar-refractivity contribution in [1.29, 1.82) is 0 Å². The molecule has 1 aromatic carbocycles. The molecule has 2 fully saturated rings. The molecule has 0 radical (unpaired) electrons. The monoisotopic (exact) mass is 435 g/mol. The Hall–Kier alpha value is -2.26. The van der Waals surface area contributed by atoms with Gasteiger partial charge in [0.15, 0.2) is 23.5 Å². The van der Waals surface area contributed by atoms with Crippen LogP contribution in [0.15, 0.2) is 18.2 Å². The molecule has 1 saturated heterocycles. The average Bonchev–Trinajstić information content (AvgIpc) is 3.39. The standard InChI is InChI=1S/C21H25NO7S/c1-12(23)26-10-18-19(30-14-4-2-3-5-14)9-15(24)21(29-18)22-20(25)13-6-7-16-17(8-13)28-11-27-16/h6-8,14,18-19,21H,2-5,9-11H2,1H3,(H,22,25)/t18-,19?,21-/m1/s1.